The molecule has 1 saturated carbocycles. The van der Waals surface area contributed by atoms with E-state index >= 15 is 0 Å². The molecule has 6 heteroatoms. The fourth-order valence-corrected chi connectivity index (χ4v) is 4.23. The molecule has 1 aromatic carbocycles. The number of carbonyl (C=O) groups is 1. The molecule has 1 fully saturated rings. The number of nitrogens with one attached hydrogen (secondary N) is 2. The van der Waals surface area contributed by atoms with Crippen molar-refractivity contribution in [3.8, 4) is 0 Å². The van der Waals surface area contributed by atoms with Crippen LogP contribution in [-0.2, 0) is 10.0 Å². The number of benzene rings is 1. The highest BCUT2D eigenvalue weighted by Gasteiger charge is 2.35. The second kappa shape index (κ2) is 6.81. The fourth-order valence-electron chi connectivity index (χ4n) is 3.49. The standard InChI is InChI=1S/C18H22N2O3S/c1-13-3-2-4-14(9-13)7-8-24(22,23)20-18(21)19-12-17-11-15-5-6-16(17)10-15/h2-9,15-17H,10-12H2,1H3,(H2,19,20,21). The van der Waals surface area contributed by atoms with E-state index in [9.17, 15) is 13.2 Å². The van der Waals surface area contributed by atoms with Crippen LogP contribution in [0.3, 0.4) is 0 Å². The Morgan fingerprint density at radius 2 is 2.12 bits per heavy atom. The van der Waals surface area contributed by atoms with E-state index < -0.39 is 16.1 Å². The molecule has 3 rings (SSSR count). The summed E-state index contributed by atoms with van der Waals surface area (Å²) in [6.07, 6.45) is 8.15. The molecule has 2 N–H and O–H groups in total. The van der Waals surface area contributed by atoms with Crippen molar-refractivity contribution in [2.24, 2.45) is 17.8 Å². The Kier molecular flexibility index (Phi) is 4.76. The summed E-state index contributed by atoms with van der Waals surface area (Å²) in [5.41, 5.74) is 1.81. The van der Waals surface area contributed by atoms with Crippen molar-refractivity contribution in [1.82, 2.24) is 10.0 Å². The van der Waals surface area contributed by atoms with Crippen LogP contribution >= 0.6 is 0 Å². The maximum atomic E-state index is 12.0. The van der Waals surface area contributed by atoms with Gasteiger partial charge < -0.3 is 5.32 Å². The van der Waals surface area contributed by atoms with Gasteiger partial charge in [-0.2, -0.15) is 0 Å². The van der Waals surface area contributed by atoms with Crippen molar-refractivity contribution in [1.29, 1.82) is 0 Å². The second-order valence-electron chi connectivity index (χ2n) is 6.61. The third-order valence-electron chi connectivity index (χ3n) is 4.66. The molecule has 0 saturated heterocycles. The largest absolute Gasteiger partial charge is 0.337 e. The first-order valence-electron chi connectivity index (χ1n) is 8.15. The Bertz CT molecular complexity index is 783. The molecule has 5 nitrogen and oxygen atoms in total. The van der Waals surface area contributed by atoms with E-state index in [1.54, 1.807) is 0 Å². The number of rotatable bonds is 5. The number of hydrogen-bond donors (Lipinski definition) is 2. The van der Waals surface area contributed by atoms with Gasteiger partial charge in [-0.05, 0) is 49.2 Å². The van der Waals surface area contributed by atoms with Gasteiger partial charge in [-0.15, -0.1) is 0 Å². The van der Waals surface area contributed by atoms with Gasteiger partial charge in [0.25, 0.3) is 10.0 Å². The molecule has 0 radical (unpaired) electrons. The van der Waals surface area contributed by atoms with Crippen molar-refractivity contribution >= 4 is 22.1 Å². The molecule has 2 aliphatic rings. The SMILES string of the molecule is Cc1cccc(C=CS(=O)(=O)NC(=O)NCC2CC3C=CC2C3)c1. The lowest BCUT2D eigenvalue weighted by Crippen LogP contribution is -2.41. The van der Waals surface area contributed by atoms with Crippen molar-refractivity contribution < 1.29 is 13.2 Å². The molecule has 128 valence electrons. The molecule has 2 aliphatic carbocycles. The van der Waals surface area contributed by atoms with Crippen LogP contribution in [0, 0.1) is 24.7 Å². The molecular formula is C18H22N2O3S. The van der Waals surface area contributed by atoms with Crippen LogP contribution in [0.15, 0.2) is 41.8 Å². The highest BCUT2D eigenvalue weighted by atomic mass is 32.2. The summed E-state index contributed by atoms with van der Waals surface area (Å²) in [4.78, 5) is 11.8. The van der Waals surface area contributed by atoms with E-state index in [-0.39, 0.29) is 0 Å². The minimum atomic E-state index is -3.80. The number of fused-ring (bicyclic) bond motifs is 2. The third kappa shape index (κ3) is 4.26. The Morgan fingerprint density at radius 1 is 1.29 bits per heavy atom. The Hall–Kier alpha value is -2.08. The lowest BCUT2D eigenvalue weighted by molar-refractivity contribution is 0.243. The maximum absolute atomic E-state index is 12.0. The molecule has 0 aromatic heterocycles. The average molecular weight is 346 g/mol. The lowest BCUT2D eigenvalue weighted by Gasteiger charge is -2.18. The summed E-state index contributed by atoms with van der Waals surface area (Å²) in [5.74, 6) is 1.57. The number of aryl methyl sites for hydroxylation is 1. The molecule has 3 unspecified atom stereocenters. The van der Waals surface area contributed by atoms with Gasteiger partial charge >= 0.3 is 6.03 Å². The van der Waals surface area contributed by atoms with Crippen molar-refractivity contribution in [2.75, 3.05) is 6.54 Å². The van der Waals surface area contributed by atoms with Crippen molar-refractivity contribution in [2.45, 2.75) is 19.8 Å². The van der Waals surface area contributed by atoms with Gasteiger partial charge in [-0.3, -0.25) is 0 Å². The van der Waals surface area contributed by atoms with Gasteiger partial charge in [0, 0.05) is 6.54 Å². The molecule has 1 aromatic rings. The van der Waals surface area contributed by atoms with E-state index in [0.717, 1.165) is 29.4 Å². The number of allylic oxidation sites excluding steroid dienone is 2. The normalized spacial score (nSPS) is 25.3. The number of urea groups is 1. The highest BCUT2D eigenvalue weighted by Crippen LogP contribution is 2.42. The second-order valence-corrected chi connectivity index (χ2v) is 8.18. The zero-order valence-electron chi connectivity index (χ0n) is 13.6. The summed E-state index contributed by atoms with van der Waals surface area (Å²) < 4.78 is 25.9. The predicted octanol–water partition coefficient (Wildman–Crippen LogP) is 2.81. The monoisotopic (exact) mass is 346 g/mol. The minimum absolute atomic E-state index is 0.413. The van der Waals surface area contributed by atoms with Crippen LogP contribution in [-0.4, -0.2) is 21.0 Å². The van der Waals surface area contributed by atoms with Gasteiger partial charge in [0.2, 0.25) is 0 Å². The van der Waals surface area contributed by atoms with Crippen LogP contribution in [0.5, 0.6) is 0 Å². The molecule has 0 spiro atoms. The Labute approximate surface area is 142 Å². The van der Waals surface area contributed by atoms with Crippen LogP contribution in [0.2, 0.25) is 0 Å². The highest BCUT2D eigenvalue weighted by molar-refractivity contribution is 7.93. The van der Waals surface area contributed by atoms with Gasteiger partial charge in [0.15, 0.2) is 0 Å². The first kappa shape index (κ1) is 16.8. The van der Waals surface area contributed by atoms with Gasteiger partial charge in [0.1, 0.15) is 0 Å². The van der Waals surface area contributed by atoms with Gasteiger partial charge in [-0.25, -0.2) is 17.9 Å². The average Bonchev–Trinajstić information content (AvgIpc) is 3.13. The van der Waals surface area contributed by atoms with Crippen molar-refractivity contribution in [3.63, 3.8) is 0 Å². The third-order valence-corrected chi connectivity index (χ3v) is 5.62. The fraction of sp³-hybridized carbons (Fsp3) is 0.389. The molecule has 2 bridgehead atoms. The predicted molar refractivity (Wildman–Crippen MR) is 94.5 cm³/mol. The van der Waals surface area contributed by atoms with Crippen molar-refractivity contribution in [3.05, 3.63) is 53.0 Å². The summed E-state index contributed by atoms with van der Waals surface area (Å²) in [6, 6.07) is 6.79. The van der Waals surface area contributed by atoms with Crippen LogP contribution < -0.4 is 10.0 Å². The molecular weight excluding hydrogens is 324 g/mol. The van der Waals surface area contributed by atoms with E-state index in [2.05, 4.69) is 17.5 Å². The zero-order valence-corrected chi connectivity index (χ0v) is 14.4. The van der Waals surface area contributed by atoms with E-state index in [1.807, 2.05) is 35.9 Å². The summed E-state index contributed by atoms with van der Waals surface area (Å²) in [5, 5.41) is 3.69. The molecule has 24 heavy (non-hydrogen) atoms. The van der Waals surface area contributed by atoms with Crippen LogP contribution in [0.1, 0.15) is 24.0 Å². The number of hydrogen-bond acceptors (Lipinski definition) is 3. The first-order chi connectivity index (χ1) is 11.4. The van der Waals surface area contributed by atoms with Crippen LogP contribution in [0.25, 0.3) is 6.08 Å². The van der Waals surface area contributed by atoms with Gasteiger partial charge in [-0.1, -0.05) is 42.0 Å². The first-order valence-corrected chi connectivity index (χ1v) is 9.70. The van der Waals surface area contributed by atoms with E-state index in [1.165, 1.54) is 6.08 Å². The molecule has 0 aliphatic heterocycles. The smallest absolute Gasteiger partial charge is 0.328 e. The number of carbonyl (C=O) groups excluding carboxylic acids is 1. The molecule has 0 heterocycles. The topological polar surface area (TPSA) is 75.3 Å². The maximum Gasteiger partial charge on any atom is 0.328 e. The minimum Gasteiger partial charge on any atom is -0.337 e. The number of amides is 2. The Balaban J connectivity index is 1.50. The van der Waals surface area contributed by atoms with Crippen LogP contribution in [0.4, 0.5) is 4.79 Å². The Morgan fingerprint density at radius 3 is 2.79 bits per heavy atom. The zero-order chi connectivity index (χ0) is 17.2. The molecule has 2 amide bonds. The molecule has 3 atom stereocenters. The van der Waals surface area contributed by atoms with Gasteiger partial charge in [0.05, 0.1) is 5.41 Å². The quantitative estimate of drug-likeness (QED) is 0.805. The number of sulfonamides is 1. The summed E-state index contributed by atoms with van der Waals surface area (Å²) in [6.45, 7) is 2.44. The lowest BCUT2D eigenvalue weighted by atomic mass is 9.94. The summed E-state index contributed by atoms with van der Waals surface area (Å²) >= 11 is 0. The van der Waals surface area contributed by atoms with E-state index in [0.29, 0.717) is 24.3 Å². The summed E-state index contributed by atoms with van der Waals surface area (Å²) in [7, 11) is -3.80. The van der Waals surface area contributed by atoms with E-state index in [4.69, 9.17) is 0 Å².